The molecular formula is C20H15Cl3N2O2. The van der Waals surface area contributed by atoms with Gasteiger partial charge >= 0.3 is 0 Å². The van der Waals surface area contributed by atoms with E-state index in [2.05, 4.69) is 9.97 Å². The Hall–Kier alpha value is -1.88. The van der Waals surface area contributed by atoms with Crippen molar-refractivity contribution in [3.8, 4) is 5.75 Å². The third-order valence-corrected chi connectivity index (χ3v) is 5.41. The Morgan fingerprint density at radius 2 is 1.81 bits per heavy atom. The number of benzene rings is 1. The van der Waals surface area contributed by atoms with Gasteiger partial charge in [-0.05, 0) is 43.0 Å². The van der Waals surface area contributed by atoms with E-state index in [9.17, 15) is 4.79 Å². The Kier molecular flexibility index (Phi) is 5.22. The molecule has 2 heterocycles. The predicted octanol–water partition coefficient (Wildman–Crippen LogP) is 5.80. The van der Waals surface area contributed by atoms with Crippen molar-refractivity contribution in [2.24, 2.45) is 5.92 Å². The van der Waals surface area contributed by atoms with Gasteiger partial charge in [0.2, 0.25) is 0 Å². The van der Waals surface area contributed by atoms with Crippen LogP contribution in [0.5, 0.6) is 5.75 Å². The summed E-state index contributed by atoms with van der Waals surface area (Å²) in [6, 6.07) is 6.98. The van der Waals surface area contributed by atoms with Crippen molar-refractivity contribution in [3.63, 3.8) is 0 Å². The van der Waals surface area contributed by atoms with Crippen molar-refractivity contribution in [2.45, 2.75) is 19.3 Å². The van der Waals surface area contributed by atoms with E-state index in [0.717, 1.165) is 0 Å². The smallest absolute Gasteiger partial charge is 0.168 e. The van der Waals surface area contributed by atoms with Gasteiger partial charge < -0.3 is 4.74 Å². The third kappa shape index (κ3) is 4.03. The topological polar surface area (TPSA) is 52.1 Å². The molecule has 1 aromatic carbocycles. The van der Waals surface area contributed by atoms with Crippen LogP contribution in [-0.4, -0.2) is 22.4 Å². The Morgan fingerprint density at radius 1 is 1.07 bits per heavy atom. The molecule has 0 bridgehead atoms. The van der Waals surface area contributed by atoms with E-state index in [0.29, 0.717) is 55.5 Å². The van der Waals surface area contributed by atoms with Gasteiger partial charge in [0, 0.05) is 35.3 Å². The molecule has 0 saturated heterocycles. The van der Waals surface area contributed by atoms with E-state index in [1.807, 2.05) is 0 Å². The third-order valence-electron chi connectivity index (χ3n) is 4.55. The molecular weight excluding hydrogens is 407 g/mol. The summed E-state index contributed by atoms with van der Waals surface area (Å²) in [5, 5.41) is 1.78. The van der Waals surface area contributed by atoms with Crippen molar-refractivity contribution in [3.05, 3.63) is 63.0 Å². The number of fused-ring (bicyclic) bond motifs is 1. The number of rotatable bonds is 6. The molecule has 1 saturated carbocycles. The normalized spacial score (nSPS) is 13.7. The molecule has 0 unspecified atom stereocenters. The number of carbonyl (C=O) groups excluding carboxylic acids is 1. The first-order valence-electron chi connectivity index (χ1n) is 8.56. The molecule has 0 aliphatic heterocycles. The zero-order valence-corrected chi connectivity index (χ0v) is 16.5. The summed E-state index contributed by atoms with van der Waals surface area (Å²) in [6.07, 6.45) is 5.40. The Bertz CT molecular complexity index is 1010. The molecule has 3 aromatic rings. The lowest BCUT2D eigenvalue weighted by Crippen LogP contribution is -2.07. The zero-order valence-electron chi connectivity index (χ0n) is 14.2. The second-order valence-corrected chi connectivity index (χ2v) is 7.78. The van der Waals surface area contributed by atoms with E-state index in [4.69, 9.17) is 39.5 Å². The van der Waals surface area contributed by atoms with Crippen LogP contribution in [0.3, 0.4) is 0 Å². The molecule has 1 fully saturated rings. The Balaban J connectivity index is 1.70. The number of ether oxygens (including phenoxy) is 1. The van der Waals surface area contributed by atoms with Crippen LogP contribution in [0.25, 0.3) is 10.9 Å². The first kappa shape index (κ1) is 18.5. The number of pyridine rings is 2. The average Bonchev–Trinajstić information content (AvgIpc) is 3.47. The molecule has 0 radical (unpaired) electrons. The van der Waals surface area contributed by atoms with Crippen LogP contribution < -0.4 is 4.74 Å². The molecule has 0 amide bonds. The fourth-order valence-electron chi connectivity index (χ4n) is 2.88. The van der Waals surface area contributed by atoms with Crippen LogP contribution in [0.1, 0.15) is 28.8 Å². The largest absolute Gasteiger partial charge is 0.491 e. The SMILES string of the molecule is O=C(Cc1c(Cl)cncc1Cl)c1ccc(OCC2CC2)c2nc(Cl)ccc12. The monoisotopic (exact) mass is 420 g/mol. The first-order chi connectivity index (χ1) is 13.0. The maximum absolute atomic E-state index is 13.0. The van der Waals surface area contributed by atoms with Gasteiger partial charge in [0.1, 0.15) is 16.4 Å². The van der Waals surface area contributed by atoms with Gasteiger partial charge in [-0.3, -0.25) is 9.78 Å². The molecule has 1 aliphatic carbocycles. The maximum Gasteiger partial charge on any atom is 0.168 e. The van der Waals surface area contributed by atoms with Crippen LogP contribution in [0.2, 0.25) is 15.2 Å². The quantitative estimate of drug-likeness (QED) is 0.372. The van der Waals surface area contributed by atoms with Crippen LogP contribution in [0.15, 0.2) is 36.7 Å². The minimum Gasteiger partial charge on any atom is -0.491 e. The lowest BCUT2D eigenvalue weighted by Gasteiger charge is -2.12. The molecule has 7 heteroatoms. The van der Waals surface area contributed by atoms with Crippen molar-refractivity contribution in [1.82, 2.24) is 9.97 Å². The minimum absolute atomic E-state index is 0.0696. The highest BCUT2D eigenvalue weighted by atomic mass is 35.5. The summed E-state index contributed by atoms with van der Waals surface area (Å²) in [7, 11) is 0. The lowest BCUT2D eigenvalue weighted by atomic mass is 9.99. The molecule has 2 aromatic heterocycles. The van der Waals surface area contributed by atoms with Crippen molar-refractivity contribution < 1.29 is 9.53 Å². The zero-order chi connectivity index (χ0) is 19.0. The van der Waals surface area contributed by atoms with Gasteiger partial charge in [0.05, 0.1) is 16.7 Å². The summed E-state index contributed by atoms with van der Waals surface area (Å²) < 4.78 is 5.91. The molecule has 0 N–H and O–H groups in total. The van der Waals surface area contributed by atoms with Gasteiger partial charge in [-0.15, -0.1) is 0 Å². The molecule has 138 valence electrons. The van der Waals surface area contributed by atoms with Crippen LogP contribution in [0, 0.1) is 5.92 Å². The maximum atomic E-state index is 13.0. The molecule has 4 nitrogen and oxygen atoms in total. The number of ketones is 1. The van der Waals surface area contributed by atoms with Gasteiger partial charge in [-0.2, -0.15) is 0 Å². The van der Waals surface area contributed by atoms with E-state index < -0.39 is 0 Å². The fraction of sp³-hybridized carbons (Fsp3) is 0.250. The number of Topliss-reactive ketones (excluding diaryl/α,β-unsaturated/α-hetero) is 1. The summed E-state index contributed by atoms with van der Waals surface area (Å²) in [5.74, 6) is 1.13. The lowest BCUT2D eigenvalue weighted by molar-refractivity contribution is 0.0994. The number of hydrogen-bond acceptors (Lipinski definition) is 4. The molecule has 1 aliphatic rings. The number of carbonyl (C=O) groups is 1. The number of hydrogen-bond donors (Lipinski definition) is 0. The number of nitrogens with zero attached hydrogens (tertiary/aromatic N) is 2. The van der Waals surface area contributed by atoms with E-state index in [1.54, 1.807) is 24.3 Å². The van der Waals surface area contributed by atoms with Gasteiger partial charge in [0.25, 0.3) is 0 Å². The van der Waals surface area contributed by atoms with Crippen molar-refractivity contribution in [2.75, 3.05) is 6.61 Å². The summed E-state index contributed by atoms with van der Waals surface area (Å²) in [5.41, 5.74) is 1.67. The first-order valence-corrected chi connectivity index (χ1v) is 9.69. The summed E-state index contributed by atoms with van der Waals surface area (Å²) >= 11 is 18.4. The number of halogens is 3. The average molecular weight is 422 g/mol. The van der Waals surface area contributed by atoms with Crippen LogP contribution in [-0.2, 0) is 6.42 Å². The van der Waals surface area contributed by atoms with E-state index >= 15 is 0 Å². The van der Waals surface area contributed by atoms with E-state index in [1.165, 1.54) is 25.2 Å². The predicted molar refractivity (Wildman–Crippen MR) is 107 cm³/mol. The molecule has 27 heavy (non-hydrogen) atoms. The van der Waals surface area contributed by atoms with Crippen molar-refractivity contribution in [1.29, 1.82) is 0 Å². The fourth-order valence-corrected chi connectivity index (χ4v) is 3.53. The minimum atomic E-state index is -0.118. The van der Waals surface area contributed by atoms with E-state index in [-0.39, 0.29) is 12.2 Å². The Morgan fingerprint density at radius 3 is 2.52 bits per heavy atom. The standard InChI is InChI=1S/C20H15Cl3N2O2/c21-15-8-24-9-16(22)14(15)7-17(26)12-3-5-18(27-10-11-1-2-11)20-13(12)4-6-19(23)25-20/h3-6,8-9,11H,1-2,7,10H2. The van der Waals surface area contributed by atoms with Crippen LogP contribution >= 0.6 is 34.8 Å². The summed E-state index contributed by atoms with van der Waals surface area (Å²) in [6.45, 7) is 0.652. The second kappa shape index (κ2) is 7.63. The van der Waals surface area contributed by atoms with Crippen molar-refractivity contribution >= 4 is 51.5 Å². The molecule has 4 rings (SSSR count). The van der Waals surface area contributed by atoms with Gasteiger partial charge in [-0.1, -0.05) is 34.8 Å². The Labute approximate surface area is 171 Å². The second-order valence-electron chi connectivity index (χ2n) is 6.58. The van der Waals surface area contributed by atoms with Gasteiger partial charge in [0.15, 0.2) is 5.78 Å². The highest BCUT2D eigenvalue weighted by Crippen LogP contribution is 2.34. The summed E-state index contributed by atoms with van der Waals surface area (Å²) in [4.78, 5) is 21.3. The highest BCUT2D eigenvalue weighted by Gasteiger charge is 2.23. The molecule has 0 spiro atoms. The molecule has 0 atom stereocenters. The number of aromatic nitrogens is 2. The van der Waals surface area contributed by atoms with Crippen LogP contribution in [0.4, 0.5) is 0 Å². The van der Waals surface area contributed by atoms with Gasteiger partial charge in [-0.25, -0.2) is 4.98 Å². The highest BCUT2D eigenvalue weighted by molar-refractivity contribution is 6.36.